The summed E-state index contributed by atoms with van der Waals surface area (Å²) in [4.78, 5) is 29.3. The Kier molecular flexibility index (Phi) is 7.33. The minimum atomic E-state index is -0.667. The first-order valence-corrected chi connectivity index (χ1v) is 13.4. The summed E-state index contributed by atoms with van der Waals surface area (Å²) in [7, 11) is 0. The number of carbonyl (C=O) groups excluding carboxylic acids is 1. The van der Waals surface area contributed by atoms with Gasteiger partial charge in [0.1, 0.15) is 17.1 Å². The summed E-state index contributed by atoms with van der Waals surface area (Å²) in [6.07, 6.45) is 3.18. The molecular formula is C30H28BrNO5. The van der Waals surface area contributed by atoms with Gasteiger partial charge < -0.3 is 13.9 Å². The molecule has 0 aliphatic carbocycles. The van der Waals surface area contributed by atoms with Gasteiger partial charge >= 0.3 is 0 Å². The third kappa shape index (κ3) is 4.88. The zero-order valence-corrected chi connectivity index (χ0v) is 22.4. The van der Waals surface area contributed by atoms with E-state index < -0.39 is 6.04 Å². The van der Waals surface area contributed by atoms with Gasteiger partial charge in [-0.1, -0.05) is 47.8 Å². The number of ether oxygens (including phenoxy) is 2. The zero-order valence-electron chi connectivity index (χ0n) is 20.8. The Morgan fingerprint density at radius 3 is 2.49 bits per heavy atom. The van der Waals surface area contributed by atoms with Crippen LogP contribution in [0, 0.1) is 0 Å². The predicted molar refractivity (Wildman–Crippen MR) is 148 cm³/mol. The van der Waals surface area contributed by atoms with Crippen LogP contribution in [0.5, 0.6) is 11.5 Å². The summed E-state index contributed by atoms with van der Waals surface area (Å²) in [5.74, 6) is 1.11. The Morgan fingerprint density at radius 1 is 0.919 bits per heavy atom. The average Bonchev–Trinajstić information content (AvgIpc) is 3.20. The molecule has 1 aliphatic heterocycles. The van der Waals surface area contributed by atoms with Crippen molar-refractivity contribution in [1.82, 2.24) is 0 Å². The molecule has 37 heavy (non-hydrogen) atoms. The standard InChI is InChI=1S/C30H28BrNO5/c1-3-5-6-16-36-23-9-7-8-19(17-23)27-26-28(33)24-18-20(31)10-15-25(24)37-29(26)30(34)32(27)21-11-13-22(14-12-21)35-4-2/h7-15,17-18,27H,3-6,16H2,1-2H3. The number of hydrogen-bond acceptors (Lipinski definition) is 5. The van der Waals surface area contributed by atoms with Gasteiger partial charge in [-0.05, 0) is 73.5 Å². The van der Waals surface area contributed by atoms with Gasteiger partial charge in [0, 0.05) is 10.2 Å². The maximum atomic E-state index is 13.8. The lowest BCUT2D eigenvalue weighted by Crippen LogP contribution is -2.29. The highest BCUT2D eigenvalue weighted by Gasteiger charge is 2.43. The van der Waals surface area contributed by atoms with E-state index in [1.165, 1.54) is 0 Å². The number of unbranched alkanes of at least 4 members (excludes halogenated alkanes) is 2. The van der Waals surface area contributed by atoms with Crippen molar-refractivity contribution in [3.63, 3.8) is 0 Å². The summed E-state index contributed by atoms with van der Waals surface area (Å²) in [5.41, 5.74) is 1.89. The molecular weight excluding hydrogens is 534 g/mol. The van der Waals surface area contributed by atoms with Crippen LogP contribution in [0.15, 0.2) is 80.4 Å². The number of nitrogens with zero attached hydrogens (tertiary/aromatic N) is 1. The molecule has 2 heterocycles. The van der Waals surface area contributed by atoms with E-state index >= 15 is 0 Å². The highest BCUT2D eigenvalue weighted by molar-refractivity contribution is 9.10. The van der Waals surface area contributed by atoms with Crippen molar-refractivity contribution in [3.05, 3.63) is 98.3 Å². The van der Waals surface area contributed by atoms with Crippen molar-refractivity contribution < 1.29 is 18.7 Å². The maximum absolute atomic E-state index is 13.8. The van der Waals surface area contributed by atoms with E-state index in [2.05, 4.69) is 22.9 Å². The molecule has 0 saturated carbocycles. The quantitative estimate of drug-likeness (QED) is 0.201. The van der Waals surface area contributed by atoms with Crippen LogP contribution in [0.25, 0.3) is 11.0 Å². The van der Waals surface area contributed by atoms with Crippen molar-refractivity contribution in [2.75, 3.05) is 18.1 Å². The largest absolute Gasteiger partial charge is 0.494 e. The number of benzene rings is 3. The van der Waals surface area contributed by atoms with Gasteiger partial charge in [-0.3, -0.25) is 14.5 Å². The molecule has 6 nitrogen and oxygen atoms in total. The van der Waals surface area contributed by atoms with Crippen molar-refractivity contribution in [3.8, 4) is 11.5 Å². The summed E-state index contributed by atoms with van der Waals surface area (Å²) in [5, 5.41) is 0.423. The van der Waals surface area contributed by atoms with Crippen molar-refractivity contribution in [2.24, 2.45) is 0 Å². The molecule has 1 unspecified atom stereocenters. The van der Waals surface area contributed by atoms with Crippen molar-refractivity contribution in [2.45, 2.75) is 39.2 Å². The van der Waals surface area contributed by atoms with Gasteiger partial charge in [0.05, 0.1) is 30.2 Å². The van der Waals surface area contributed by atoms with Gasteiger partial charge in [0.2, 0.25) is 5.76 Å². The molecule has 7 heteroatoms. The Balaban J connectivity index is 1.64. The van der Waals surface area contributed by atoms with Crippen molar-refractivity contribution >= 4 is 38.5 Å². The van der Waals surface area contributed by atoms with Crippen LogP contribution < -0.4 is 19.8 Å². The second kappa shape index (κ2) is 10.8. The molecule has 190 valence electrons. The van der Waals surface area contributed by atoms with Gasteiger partial charge in [-0.15, -0.1) is 0 Å². The topological polar surface area (TPSA) is 69.0 Å². The number of anilines is 1. The molecule has 0 saturated heterocycles. The van der Waals surface area contributed by atoms with Crippen LogP contribution in [0.3, 0.4) is 0 Å². The minimum absolute atomic E-state index is 0.0629. The second-order valence-corrected chi connectivity index (χ2v) is 9.86. The normalized spacial score (nSPS) is 14.7. The number of rotatable bonds is 9. The van der Waals surface area contributed by atoms with Gasteiger partial charge in [-0.2, -0.15) is 0 Å². The fourth-order valence-corrected chi connectivity index (χ4v) is 5.07. The van der Waals surface area contributed by atoms with Crippen LogP contribution in [0.4, 0.5) is 5.69 Å². The SMILES string of the molecule is CCCCCOc1cccc(C2c3c(oc4ccc(Br)cc4c3=O)C(=O)N2c2ccc(OCC)cc2)c1. The lowest BCUT2D eigenvalue weighted by molar-refractivity contribution is 0.0971. The molecule has 1 aromatic heterocycles. The van der Waals surface area contributed by atoms with Crippen LogP contribution in [-0.4, -0.2) is 19.1 Å². The van der Waals surface area contributed by atoms with Crippen molar-refractivity contribution in [1.29, 1.82) is 0 Å². The van der Waals surface area contributed by atoms with E-state index in [9.17, 15) is 9.59 Å². The Labute approximate surface area is 223 Å². The molecule has 3 aromatic carbocycles. The van der Waals surface area contributed by atoms with Crippen LogP contribution in [0.1, 0.15) is 60.8 Å². The molecule has 5 rings (SSSR count). The Bertz CT molecular complexity index is 1490. The predicted octanol–water partition coefficient (Wildman–Crippen LogP) is 7.27. The highest BCUT2D eigenvalue weighted by Crippen LogP contribution is 2.42. The number of amides is 1. The fourth-order valence-electron chi connectivity index (χ4n) is 4.71. The number of carbonyl (C=O) groups is 1. The molecule has 0 bridgehead atoms. The second-order valence-electron chi connectivity index (χ2n) is 8.95. The molecule has 0 fully saturated rings. The number of hydrogen-bond donors (Lipinski definition) is 0. The lowest BCUT2D eigenvalue weighted by Gasteiger charge is -2.25. The first-order valence-electron chi connectivity index (χ1n) is 12.6. The molecule has 0 N–H and O–H groups in total. The number of halogens is 1. The van der Waals surface area contributed by atoms with Crippen LogP contribution in [0.2, 0.25) is 0 Å². The van der Waals surface area contributed by atoms with Gasteiger partial charge in [0.15, 0.2) is 5.43 Å². The van der Waals surface area contributed by atoms with E-state index in [4.69, 9.17) is 13.9 Å². The molecule has 1 atom stereocenters. The molecule has 1 amide bonds. The summed E-state index contributed by atoms with van der Waals surface area (Å²) in [6.45, 7) is 5.23. The maximum Gasteiger partial charge on any atom is 0.295 e. The van der Waals surface area contributed by atoms with Gasteiger partial charge in [-0.25, -0.2) is 0 Å². The van der Waals surface area contributed by atoms with Crippen LogP contribution in [-0.2, 0) is 0 Å². The Morgan fingerprint density at radius 2 is 1.73 bits per heavy atom. The van der Waals surface area contributed by atoms with E-state index in [0.717, 1.165) is 29.3 Å². The lowest BCUT2D eigenvalue weighted by atomic mass is 9.98. The average molecular weight is 562 g/mol. The first-order chi connectivity index (χ1) is 18.0. The minimum Gasteiger partial charge on any atom is -0.494 e. The molecule has 0 radical (unpaired) electrons. The highest BCUT2D eigenvalue weighted by atomic mass is 79.9. The summed E-state index contributed by atoms with van der Waals surface area (Å²) < 4.78 is 18.4. The van der Waals surface area contributed by atoms with E-state index in [1.54, 1.807) is 23.1 Å². The van der Waals surface area contributed by atoms with Gasteiger partial charge in [0.25, 0.3) is 5.91 Å². The Hall–Kier alpha value is -3.58. The smallest absolute Gasteiger partial charge is 0.295 e. The van der Waals surface area contributed by atoms with E-state index in [-0.39, 0.29) is 17.1 Å². The van der Waals surface area contributed by atoms with Crippen LogP contribution >= 0.6 is 15.9 Å². The van der Waals surface area contributed by atoms with E-state index in [1.807, 2.05) is 55.5 Å². The summed E-state index contributed by atoms with van der Waals surface area (Å²) >= 11 is 3.45. The fraction of sp³-hybridized carbons (Fsp3) is 0.267. The molecule has 0 spiro atoms. The van der Waals surface area contributed by atoms with E-state index in [0.29, 0.717) is 46.9 Å². The zero-order chi connectivity index (χ0) is 25.9. The third-order valence-electron chi connectivity index (χ3n) is 6.45. The first kappa shape index (κ1) is 25.1. The monoisotopic (exact) mass is 561 g/mol. The summed E-state index contributed by atoms with van der Waals surface area (Å²) in [6, 6.07) is 19.5. The third-order valence-corrected chi connectivity index (χ3v) is 6.94. The molecule has 1 aliphatic rings. The molecule has 4 aromatic rings. The number of fused-ring (bicyclic) bond motifs is 2.